The lowest BCUT2D eigenvalue weighted by Crippen LogP contribution is -2.49. The third-order valence-corrected chi connectivity index (χ3v) is 5.78. The molecule has 1 aromatic rings. The highest BCUT2D eigenvalue weighted by atomic mass is 35.5. The molecule has 2 heterocycles. The Bertz CT molecular complexity index is 747. The number of nitrogens with zero attached hydrogens (tertiary/aromatic N) is 2. The molecule has 2 aliphatic heterocycles. The van der Waals surface area contributed by atoms with Crippen LogP contribution in [0.15, 0.2) is 18.2 Å². The fraction of sp³-hybridized carbons (Fsp3) is 0.550. The fourth-order valence-electron chi connectivity index (χ4n) is 3.80. The standard InChI is InChI=1S/C20H26ClN3O4/c21-16-5-4-15(13-17(16)24-11-8-18(26)22-20(24)28)19(27)23-9-6-14(7-10-23)3-1-2-12-25/h4-5,13-14,25H,1-3,6-12H2,(H,22,26,28). The van der Waals surface area contributed by atoms with Crippen molar-refractivity contribution in [2.45, 2.75) is 38.5 Å². The van der Waals surface area contributed by atoms with Gasteiger partial charge in [-0.1, -0.05) is 24.4 Å². The molecule has 152 valence electrons. The lowest BCUT2D eigenvalue weighted by molar-refractivity contribution is -0.120. The second-order valence-electron chi connectivity index (χ2n) is 7.38. The smallest absolute Gasteiger partial charge is 0.328 e. The number of imide groups is 1. The number of aliphatic hydroxyl groups is 1. The van der Waals surface area contributed by atoms with Crippen molar-refractivity contribution in [1.29, 1.82) is 0 Å². The average molecular weight is 408 g/mol. The lowest BCUT2D eigenvalue weighted by atomic mass is 9.91. The molecule has 8 heteroatoms. The molecule has 0 spiro atoms. The zero-order valence-electron chi connectivity index (χ0n) is 15.8. The molecule has 2 fully saturated rings. The van der Waals surface area contributed by atoms with Gasteiger partial charge in [-0.05, 0) is 43.4 Å². The van der Waals surface area contributed by atoms with E-state index < -0.39 is 6.03 Å². The summed E-state index contributed by atoms with van der Waals surface area (Å²) >= 11 is 6.25. The number of aliphatic hydroxyl groups excluding tert-OH is 1. The fourth-order valence-corrected chi connectivity index (χ4v) is 4.02. The number of piperidine rings is 1. The maximum absolute atomic E-state index is 12.9. The van der Waals surface area contributed by atoms with E-state index in [9.17, 15) is 14.4 Å². The van der Waals surface area contributed by atoms with Crippen molar-refractivity contribution in [3.05, 3.63) is 28.8 Å². The summed E-state index contributed by atoms with van der Waals surface area (Å²) < 4.78 is 0. The van der Waals surface area contributed by atoms with Gasteiger partial charge in [0.05, 0.1) is 10.7 Å². The molecule has 7 nitrogen and oxygen atoms in total. The molecule has 3 rings (SSSR count). The number of urea groups is 1. The topological polar surface area (TPSA) is 90.0 Å². The highest BCUT2D eigenvalue weighted by Gasteiger charge is 2.28. The van der Waals surface area contributed by atoms with Gasteiger partial charge in [-0.2, -0.15) is 0 Å². The highest BCUT2D eigenvalue weighted by Crippen LogP contribution is 2.30. The molecule has 2 aliphatic rings. The van der Waals surface area contributed by atoms with Crippen LogP contribution in [0.4, 0.5) is 10.5 Å². The molecule has 28 heavy (non-hydrogen) atoms. The van der Waals surface area contributed by atoms with E-state index in [1.165, 1.54) is 4.90 Å². The van der Waals surface area contributed by atoms with E-state index in [1.807, 2.05) is 4.90 Å². The number of anilines is 1. The Balaban J connectivity index is 1.65. The molecule has 1 aromatic carbocycles. The summed E-state index contributed by atoms with van der Waals surface area (Å²) in [7, 11) is 0. The first-order valence-corrected chi connectivity index (χ1v) is 10.2. The number of rotatable bonds is 6. The van der Waals surface area contributed by atoms with E-state index in [0.717, 1.165) is 32.1 Å². The lowest BCUT2D eigenvalue weighted by Gasteiger charge is -2.32. The summed E-state index contributed by atoms with van der Waals surface area (Å²) in [4.78, 5) is 39.6. The van der Waals surface area contributed by atoms with Gasteiger partial charge in [-0.3, -0.25) is 19.8 Å². The van der Waals surface area contributed by atoms with Crippen LogP contribution in [0.3, 0.4) is 0 Å². The number of hydrogen-bond donors (Lipinski definition) is 2. The molecular weight excluding hydrogens is 382 g/mol. The first-order chi connectivity index (χ1) is 13.5. The van der Waals surface area contributed by atoms with Gasteiger partial charge in [0, 0.05) is 38.2 Å². The molecule has 0 unspecified atom stereocenters. The van der Waals surface area contributed by atoms with Crippen molar-refractivity contribution in [2.75, 3.05) is 31.1 Å². The third-order valence-electron chi connectivity index (χ3n) is 5.46. The summed E-state index contributed by atoms with van der Waals surface area (Å²) in [5, 5.41) is 11.5. The van der Waals surface area contributed by atoms with Crippen LogP contribution in [0.2, 0.25) is 5.02 Å². The van der Waals surface area contributed by atoms with Crippen LogP contribution in [0.5, 0.6) is 0 Å². The number of unbranched alkanes of at least 4 members (excludes halogenated alkanes) is 1. The van der Waals surface area contributed by atoms with E-state index in [1.54, 1.807) is 18.2 Å². The molecule has 0 saturated carbocycles. The zero-order valence-corrected chi connectivity index (χ0v) is 16.6. The number of carbonyl (C=O) groups is 3. The van der Waals surface area contributed by atoms with Crippen molar-refractivity contribution in [3.63, 3.8) is 0 Å². The van der Waals surface area contributed by atoms with Crippen LogP contribution in [-0.2, 0) is 4.79 Å². The summed E-state index contributed by atoms with van der Waals surface area (Å²) in [5.74, 6) is 0.220. The van der Waals surface area contributed by atoms with Gasteiger partial charge in [0.25, 0.3) is 5.91 Å². The van der Waals surface area contributed by atoms with E-state index in [4.69, 9.17) is 16.7 Å². The zero-order chi connectivity index (χ0) is 20.1. The Kier molecular flexibility index (Phi) is 6.91. The number of carbonyl (C=O) groups excluding carboxylic acids is 3. The van der Waals surface area contributed by atoms with Crippen LogP contribution >= 0.6 is 11.6 Å². The van der Waals surface area contributed by atoms with Gasteiger partial charge in [0.2, 0.25) is 5.91 Å². The van der Waals surface area contributed by atoms with Crippen molar-refractivity contribution in [2.24, 2.45) is 5.92 Å². The first kappa shape index (κ1) is 20.6. The summed E-state index contributed by atoms with van der Waals surface area (Å²) in [6.07, 6.45) is 5.08. The number of hydrogen-bond acceptors (Lipinski definition) is 4. The Hall–Kier alpha value is -2.12. The van der Waals surface area contributed by atoms with E-state index in [-0.39, 0.29) is 31.4 Å². The Labute approximate surface area is 169 Å². The molecule has 0 aliphatic carbocycles. The van der Waals surface area contributed by atoms with Crippen molar-refractivity contribution >= 4 is 35.1 Å². The number of benzene rings is 1. The minimum absolute atomic E-state index is 0.0692. The van der Waals surface area contributed by atoms with E-state index >= 15 is 0 Å². The first-order valence-electron chi connectivity index (χ1n) is 9.80. The molecule has 0 radical (unpaired) electrons. The van der Waals surface area contributed by atoms with Crippen LogP contribution in [0.1, 0.15) is 48.9 Å². The highest BCUT2D eigenvalue weighted by molar-refractivity contribution is 6.34. The number of halogens is 1. The summed E-state index contributed by atoms with van der Waals surface area (Å²) in [5.41, 5.74) is 0.930. The van der Waals surface area contributed by atoms with Gasteiger partial charge in [-0.25, -0.2) is 4.79 Å². The second-order valence-corrected chi connectivity index (χ2v) is 7.78. The summed E-state index contributed by atoms with van der Waals surface area (Å²) in [6.45, 7) is 1.89. The number of amides is 4. The largest absolute Gasteiger partial charge is 0.396 e. The normalized spacial score (nSPS) is 18.4. The van der Waals surface area contributed by atoms with E-state index in [0.29, 0.717) is 35.3 Å². The predicted octanol–water partition coefficient (Wildman–Crippen LogP) is 2.80. The van der Waals surface area contributed by atoms with Gasteiger partial charge in [0.1, 0.15) is 0 Å². The number of likely N-dealkylation sites (tertiary alicyclic amines) is 1. The quantitative estimate of drug-likeness (QED) is 0.709. The van der Waals surface area contributed by atoms with Crippen LogP contribution < -0.4 is 10.2 Å². The average Bonchev–Trinajstić information content (AvgIpc) is 2.69. The van der Waals surface area contributed by atoms with Gasteiger partial charge in [0.15, 0.2) is 0 Å². The Morgan fingerprint density at radius 2 is 1.93 bits per heavy atom. The van der Waals surface area contributed by atoms with Crippen molar-refractivity contribution in [3.8, 4) is 0 Å². The number of nitrogens with one attached hydrogen (secondary N) is 1. The van der Waals surface area contributed by atoms with Crippen LogP contribution in [-0.4, -0.2) is 54.1 Å². The minimum atomic E-state index is -0.522. The van der Waals surface area contributed by atoms with Crippen LogP contribution in [0.25, 0.3) is 0 Å². The second kappa shape index (κ2) is 9.39. The molecule has 4 amide bonds. The van der Waals surface area contributed by atoms with Gasteiger partial charge in [-0.15, -0.1) is 0 Å². The van der Waals surface area contributed by atoms with Crippen molar-refractivity contribution < 1.29 is 19.5 Å². The van der Waals surface area contributed by atoms with E-state index in [2.05, 4.69) is 5.32 Å². The molecule has 0 bridgehead atoms. The monoisotopic (exact) mass is 407 g/mol. The molecular formula is C20H26ClN3O4. The van der Waals surface area contributed by atoms with Crippen molar-refractivity contribution in [1.82, 2.24) is 10.2 Å². The molecule has 2 N–H and O–H groups in total. The molecule has 0 atom stereocenters. The SMILES string of the molecule is O=C1CCN(c2cc(C(=O)N3CCC(CCCCO)CC3)ccc2Cl)C(=O)N1. The minimum Gasteiger partial charge on any atom is -0.396 e. The third kappa shape index (κ3) is 4.83. The summed E-state index contributed by atoms with van der Waals surface area (Å²) in [6, 6.07) is 4.41. The maximum Gasteiger partial charge on any atom is 0.328 e. The van der Waals surface area contributed by atoms with Crippen LogP contribution in [0, 0.1) is 5.92 Å². The Morgan fingerprint density at radius 3 is 2.61 bits per heavy atom. The Morgan fingerprint density at radius 1 is 1.18 bits per heavy atom. The van der Waals surface area contributed by atoms with Gasteiger partial charge >= 0.3 is 6.03 Å². The maximum atomic E-state index is 12.9. The molecule has 0 aromatic heterocycles. The van der Waals surface area contributed by atoms with Gasteiger partial charge < -0.3 is 10.0 Å². The predicted molar refractivity (Wildman–Crippen MR) is 107 cm³/mol. The molecule has 2 saturated heterocycles.